The van der Waals surface area contributed by atoms with Crippen molar-refractivity contribution in [1.82, 2.24) is 0 Å². The molecule has 4 N–H and O–H groups in total. The molecule has 0 radical (unpaired) electrons. The van der Waals surface area contributed by atoms with Crippen LogP contribution in [0.1, 0.15) is 6.92 Å². The predicted molar refractivity (Wildman–Crippen MR) is 164 cm³/mol. The van der Waals surface area contributed by atoms with Crippen molar-refractivity contribution in [2.75, 3.05) is 22.6 Å². The maximum atomic E-state index is 13.3. The van der Waals surface area contributed by atoms with Crippen molar-refractivity contribution >= 4 is 79.2 Å². The minimum Gasteiger partial charge on any atom is -0.505 e. The molecule has 1 amide bonds. The quantitative estimate of drug-likeness (QED) is 0.111. The number of rotatable bonds is 9. The van der Waals surface area contributed by atoms with Crippen molar-refractivity contribution in [3.8, 4) is 5.75 Å². The molecule has 0 atom stereocenters. The van der Waals surface area contributed by atoms with Crippen molar-refractivity contribution in [2.24, 2.45) is 10.2 Å². The first-order chi connectivity index (χ1) is 20.7. The summed E-state index contributed by atoms with van der Waals surface area (Å²) in [6, 6.07) is 12.2. The maximum absolute atomic E-state index is 13.3. The average Bonchev–Trinajstić information content (AvgIpc) is 2.92. The van der Waals surface area contributed by atoms with E-state index in [0.29, 0.717) is 0 Å². The minimum atomic E-state index is -4.74. The predicted octanol–water partition coefficient (Wildman–Crippen LogP) is 3.77. The zero-order valence-corrected chi connectivity index (χ0v) is 26.7. The Bertz CT molecular complexity index is 2360. The van der Waals surface area contributed by atoms with Crippen LogP contribution in [0.15, 0.2) is 96.5 Å². The molecule has 0 aliphatic heterocycles. The summed E-state index contributed by atoms with van der Waals surface area (Å²) < 4.78 is 110. The normalized spacial score (nSPS) is 12.8. The third kappa shape index (κ3) is 7.45. The lowest BCUT2D eigenvalue weighted by Gasteiger charge is -2.15. The number of hydrogen-bond acceptors (Lipinski definition) is 12. The van der Waals surface area contributed by atoms with Gasteiger partial charge in [0.1, 0.15) is 11.4 Å². The SMILES string of the molecule is CC(=O)Nc1cc(N=Nc2ccc(S(C)(=O)=O)cc2S(C)(=O)=O)c2c(NS(=O)(=O)c3cccc(S(=O)(=O)O)c3)cccc2c1O. The van der Waals surface area contributed by atoms with Gasteiger partial charge in [0.15, 0.2) is 19.7 Å². The highest BCUT2D eigenvalue weighted by Gasteiger charge is 2.23. The van der Waals surface area contributed by atoms with Crippen molar-refractivity contribution in [3.63, 3.8) is 0 Å². The molecule has 4 aromatic rings. The number of sulfonamides is 1. The van der Waals surface area contributed by atoms with Crippen LogP contribution in [-0.4, -0.2) is 61.7 Å². The van der Waals surface area contributed by atoms with Crippen LogP contribution in [0.3, 0.4) is 0 Å². The Morgan fingerprint density at radius 1 is 0.711 bits per heavy atom. The number of fused-ring (bicyclic) bond motifs is 1. The molecule has 19 heteroatoms. The number of carbonyl (C=O) groups is 1. The summed E-state index contributed by atoms with van der Waals surface area (Å²) in [6.07, 6.45) is 1.73. The molecule has 15 nitrogen and oxygen atoms in total. The standard InChI is InChI=1S/C26H24N4O11S4/c1-15(31)27-23-14-22(29-28-20-11-10-16(42(2,33)34)13-24(20)43(3,35)36)25-19(26(23)32)8-5-9-21(25)30-44(37,38)17-6-4-7-18(12-17)45(39,40)41/h4-14,30,32H,1-3H3,(H,27,31)(H,39,40,41). The van der Waals surface area contributed by atoms with Crippen molar-refractivity contribution in [3.05, 3.63) is 66.7 Å². The fourth-order valence-corrected chi connectivity index (χ4v) is 7.38. The molecule has 0 unspecified atom stereocenters. The molecule has 45 heavy (non-hydrogen) atoms. The third-order valence-corrected chi connectivity index (χ3v) is 10.6. The number of benzene rings is 4. The summed E-state index contributed by atoms with van der Waals surface area (Å²) in [5.74, 6) is -1.07. The van der Waals surface area contributed by atoms with Crippen LogP contribution >= 0.6 is 0 Å². The summed E-state index contributed by atoms with van der Waals surface area (Å²) in [4.78, 5) is 9.84. The summed E-state index contributed by atoms with van der Waals surface area (Å²) in [7, 11) is -17.1. The van der Waals surface area contributed by atoms with Gasteiger partial charge in [-0.2, -0.15) is 8.42 Å². The number of azo groups is 1. The Balaban J connectivity index is 1.96. The molecule has 4 aromatic carbocycles. The number of hydrogen-bond donors (Lipinski definition) is 4. The number of carbonyl (C=O) groups excluding carboxylic acids is 1. The highest BCUT2D eigenvalue weighted by atomic mass is 32.2. The van der Waals surface area contributed by atoms with E-state index in [1.807, 2.05) is 0 Å². The number of phenols is 1. The molecule has 0 aliphatic rings. The monoisotopic (exact) mass is 696 g/mol. The molecule has 0 fully saturated rings. The fourth-order valence-electron chi connectivity index (χ4n) is 4.11. The van der Waals surface area contributed by atoms with E-state index in [4.69, 9.17) is 0 Å². The number of nitrogens with one attached hydrogen (secondary N) is 2. The number of sulfone groups is 2. The van der Waals surface area contributed by atoms with Crippen LogP contribution in [-0.2, 0) is 44.6 Å². The molecule has 4 rings (SSSR count). The Morgan fingerprint density at radius 2 is 1.33 bits per heavy atom. The Morgan fingerprint density at radius 3 is 1.93 bits per heavy atom. The zero-order valence-electron chi connectivity index (χ0n) is 23.4. The molecule has 0 saturated carbocycles. The maximum Gasteiger partial charge on any atom is 0.294 e. The van der Waals surface area contributed by atoms with E-state index in [0.717, 1.165) is 68.0 Å². The van der Waals surface area contributed by atoms with Crippen LogP contribution in [0.2, 0.25) is 0 Å². The van der Waals surface area contributed by atoms with Gasteiger partial charge in [0.05, 0.1) is 36.6 Å². The van der Waals surface area contributed by atoms with Gasteiger partial charge in [0, 0.05) is 30.2 Å². The second-order valence-electron chi connectivity index (χ2n) is 9.63. The van der Waals surface area contributed by atoms with Gasteiger partial charge in [-0.05, 0) is 48.5 Å². The van der Waals surface area contributed by atoms with Crippen molar-refractivity contribution in [1.29, 1.82) is 0 Å². The number of amides is 1. The van der Waals surface area contributed by atoms with E-state index in [2.05, 4.69) is 20.3 Å². The number of phenolic OH excluding ortho intramolecular Hbond substituents is 1. The first-order valence-corrected chi connectivity index (χ1v) is 19.0. The minimum absolute atomic E-state index is 0.0298. The van der Waals surface area contributed by atoms with Crippen LogP contribution in [0.5, 0.6) is 5.75 Å². The Hall–Kier alpha value is -4.43. The van der Waals surface area contributed by atoms with Crippen LogP contribution in [0.25, 0.3) is 10.8 Å². The van der Waals surface area contributed by atoms with E-state index in [9.17, 15) is 48.1 Å². The number of aromatic hydroxyl groups is 1. The molecule has 238 valence electrons. The highest BCUT2D eigenvalue weighted by Crippen LogP contribution is 2.44. The topological polar surface area (TPSA) is 243 Å². The van der Waals surface area contributed by atoms with E-state index in [1.165, 1.54) is 18.2 Å². The number of nitrogens with zero attached hydrogens (tertiary/aromatic N) is 2. The van der Waals surface area contributed by atoms with Crippen molar-refractivity contribution in [2.45, 2.75) is 26.5 Å². The lowest BCUT2D eigenvalue weighted by molar-refractivity contribution is -0.114. The molecule has 0 spiro atoms. The molecular weight excluding hydrogens is 673 g/mol. The first-order valence-electron chi connectivity index (χ1n) is 12.3. The summed E-state index contributed by atoms with van der Waals surface area (Å²) >= 11 is 0. The van der Waals surface area contributed by atoms with E-state index < -0.39 is 66.2 Å². The van der Waals surface area contributed by atoms with Gasteiger partial charge in [-0.25, -0.2) is 25.3 Å². The average molecular weight is 697 g/mol. The zero-order chi connectivity index (χ0) is 33.5. The summed E-state index contributed by atoms with van der Waals surface area (Å²) in [5, 5.41) is 21.3. The second-order valence-corrected chi connectivity index (χ2v) is 16.7. The number of anilines is 2. The molecule has 0 bridgehead atoms. The van der Waals surface area contributed by atoms with Gasteiger partial charge < -0.3 is 10.4 Å². The van der Waals surface area contributed by atoms with E-state index in [-0.39, 0.29) is 38.4 Å². The van der Waals surface area contributed by atoms with Crippen LogP contribution in [0.4, 0.5) is 22.7 Å². The molecular formula is C26H24N4O11S4. The van der Waals surface area contributed by atoms with Gasteiger partial charge in [0.25, 0.3) is 20.1 Å². The van der Waals surface area contributed by atoms with Gasteiger partial charge in [-0.15, -0.1) is 10.2 Å². The highest BCUT2D eigenvalue weighted by molar-refractivity contribution is 7.93. The third-order valence-electron chi connectivity index (χ3n) is 6.10. The van der Waals surface area contributed by atoms with E-state index in [1.54, 1.807) is 0 Å². The van der Waals surface area contributed by atoms with Crippen molar-refractivity contribution < 1.29 is 48.1 Å². The summed E-state index contributed by atoms with van der Waals surface area (Å²) in [6.45, 7) is 1.16. The van der Waals surface area contributed by atoms with E-state index >= 15 is 0 Å². The Kier molecular flexibility index (Phi) is 8.79. The lowest BCUT2D eigenvalue weighted by atomic mass is 10.0. The summed E-state index contributed by atoms with van der Waals surface area (Å²) in [5.41, 5.74) is -0.796. The lowest BCUT2D eigenvalue weighted by Crippen LogP contribution is -2.14. The Labute approximate surface area is 258 Å². The first kappa shape index (κ1) is 33.5. The van der Waals surface area contributed by atoms with Gasteiger partial charge in [0.2, 0.25) is 5.91 Å². The van der Waals surface area contributed by atoms with Gasteiger partial charge in [-0.1, -0.05) is 18.2 Å². The second kappa shape index (κ2) is 11.8. The van der Waals surface area contributed by atoms with Gasteiger partial charge >= 0.3 is 0 Å². The van der Waals surface area contributed by atoms with Crippen LogP contribution < -0.4 is 10.0 Å². The largest absolute Gasteiger partial charge is 0.505 e. The molecule has 0 aliphatic carbocycles. The molecule has 0 heterocycles. The molecule has 0 saturated heterocycles. The smallest absolute Gasteiger partial charge is 0.294 e. The molecule has 0 aromatic heterocycles. The van der Waals surface area contributed by atoms with Crippen LogP contribution in [0, 0.1) is 0 Å². The fraction of sp³-hybridized carbons (Fsp3) is 0.115. The van der Waals surface area contributed by atoms with Gasteiger partial charge in [-0.3, -0.25) is 14.1 Å².